The molecular weight excluding hydrogens is 285 g/mol. The van der Waals surface area contributed by atoms with E-state index in [2.05, 4.69) is 55.6 Å². The zero-order chi connectivity index (χ0) is 10.9. The van der Waals surface area contributed by atoms with Gasteiger partial charge in [-0.2, -0.15) is 0 Å². The second kappa shape index (κ2) is 5.15. The fraction of sp³-hybridized carbons (Fsp3) is 1.00. The summed E-state index contributed by atoms with van der Waals surface area (Å²) in [6.07, 6.45) is 0. The largest absolute Gasteiger partial charge is 1.00 e. The Morgan fingerprint density at radius 3 is 1.07 bits per heavy atom. The first kappa shape index (κ1) is 17.1. The van der Waals surface area contributed by atoms with Crippen molar-refractivity contribution in [2.24, 2.45) is 10.8 Å². The molecular formula is C12H28IN. The smallest absolute Gasteiger partial charge is 0.0831 e. The first-order chi connectivity index (χ1) is 5.41. The first-order valence-corrected chi connectivity index (χ1v) is 5.23. The summed E-state index contributed by atoms with van der Waals surface area (Å²) in [5, 5.41) is 0. The van der Waals surface area contributed by atoms with Crippen LogP contribution in [0.5, 0.6) is 0 Å². The predicted octanol–water partition coefficient (Wildman–Crippen LogP) is 0.159. The van der Waals surface area contributed by atoms with Crippen molar-refractivity contribution in [1.29, 1.82) is 0 Å². The first-order valence-electron chi connectivity index (χ1n) is 5.23. The van der Waals surface area contributed by atoms with Crippen molar-refractivity contribution >= 4 is 0 Å². The third-order valence-electron chi connectivity index (χ3n) is 1.80. The molecule has 1 nitrogen and oxygen atoms in total. The molecule has 2 heteroatoms. The number of halogens is 1. The molecule has 88 valence electrons. The highest BCUT2D eigenvalue weighted by atomic mass is 127. The van der Waals surface area contributed by atoms with Crippen molar-refractivity contribution in [2.45, 2.75) is 41.5 Å². The van der Waals surface area contributed by atoms with Crippen molar-refractivity contribution in [3.05, 3.63) is 0 Å². The Balaban J connectivity index is 0. The number of nitrogens with zero attached hydrogens (tertiary/aromatic N) is 1. The highest BCUT2D eigenvalue weighted by Gasteiger charge is 2.29. The van der Waals surface area contributed by atoms with Gasteiger partial charge in [0.1, 0.15) is 0 Å². The molecule has 14 heavy (non-hydrogen) atoms. The summed E-state index contributed by atoms with van der Waals surface area (Å²) in [7, 11) is 4.66. The number of hydrogen-bond acceptors (Lipinski definition) is 0. The third-order valence-corrected chi connectivity index (χ3v) is 1.80. The van der Waals surface area contributed by atoms with E-state index in [1.54, 1.807) is 0 Å². The average molecular weight is 313 g/mol. The maximum Gasteiger partial charge on any atom is 0.0831 e. The van der Waals surface area contributed by atoms with Crippen molar-refractivity contribution in [3.63, 3.8) is 0 Å². The van der Waals surface area contributed by atoms with Crippen molar-refractivity contribution < 1.29 is 28.5 Å². The van der Waals surface area contributed by atoms with E-state index in [9.17, 15) is 0 Å². The summed E-state index contributed by atoms with van der Waals surface area (Å²) < 4.78 is 1.12. The molecule has 0 aliphatic heterocycles. The van der Waals surface area contributed by atoms with Crippen LogP contribution < -0.4 is 24.0 Å². The van der Waals surface area contributed by atoms with Crippen LogP contribution >= 0.6 is 0 Å². The molecule has 0 N–H and O–H groups in total. The molecule has 0 spiro atoms. The van der Waals surface area contributed by atoms with Gasteiger partial charge in [0.25, 0.3) is 0 Å². The molecule has 0 heterocycles. The van der Waals surface area contributed by atoms with Crippen LogP contribution in [0.15, 0.2) is 0 Å². The van der Waals surface area contributed by atoms with Gasteiger partial charge in [-0.05, 0) is 0 Å². The molecule has 0 saturated carbocycles. The average Bonchev–Trinajstić information content (AvgIpc) is 1.43. The molecule has 0 fully saturated rings. The van der Waals surface area contributed by atoms with Crippen LogP contribution in [0.2, 0.25) is 0 Å². The van der Waals surface area contributed by atoms with Gasteiger partial charge in [0.15, 0.2) is 0 Å². The third kappa shape index (κ3) is 10.8. The van der Waals surface area contributed by atoms with Crippen molar-refractivity contribution in [2.75, 3.05) is 27.2 Å². The van der Waals surface area contributed by atoms with Gasteiger partial charge in [-0.15, -0.1) is 0 Å². The monoisotopic (exact) mass is 313 g/mol. The standard InChI is InChI=1S/C12H28N.HI/c1-11(2,3)9-13(7,8)10-12(4,5)6;/h9-10H2,1-8H3;1H/q+1;/p-1. The van der Waals surface area contributed by atoms with Crippen molar-refractivity contribution in [1.82, 2.24) is 0 Å². The summed E-state index contributed by atoms with van der Waals surface area (Å²) >= 11 is 0. The van der Waals surface area contributed by atoms with Crippen LogP contribution in [0.4, 0.5) is 0 Å². The minimum atomic E-state index is 0. The summed E-state index contributed by atoms with van der Waals surface area (Å²) in [6, 6.07) is 0. The molecule has 0 aliphatic rings. The van der Waals surface area contributed by atoms with Gasteiger partial charge in [-0.3, -0.25) is 0 Å². The van der Waals surface area contributed by atoms with Gasteiger partial charge >= 0.3 is 0 Å². The van der Waals surface area contributed by atoms with Gasteiger partial charge in [0, 0.05) is 10.8 Å². The highest BCUT2D eigenvalue weighted by molar-refractivity contribution is 4.64. The molecule has 0 aromatic rings. The molecule has 0 bridgehead atoms. The van der Waals surface area contributed by atoms with Crippen LogP contribution in [0.1, 0.15) is 41.5 Å². The minimum absolute atomic E-state index is 0. The van der Waals surface area contributed by atoms with Crippen LogP contribution in [0, 0.1) is 10.8 Å². The molecule has 0 aromatic carbocycles. The Kier molecular flexibility index (Phi) is 6.29. The van der Waals surface area contributed by atoms with Crippen LogP contribution in [0.3, 0.4) is 0 Å². The quantitative estimate of drug-likeness (QED) is 0.503. The number of hydrogen-bond donors (Lipinski definition) is 0. The highest BCUT2D eigenvalue weighted by Crippen LogP contribution is 2.23. The van der Waals surface area contributed by atoms with Crippen LogP contribution in [-0.2, 0) is 0 Å². The summed E-state index contributed by atoms with van der Waals surface area (Å²) in [4.78, 5) is 0. The molecule has 0 saturated heterocycles. The second-order valence-electron chi connectivity index (χ2n) is 7.37. The van der Waals surface area contributed by atoms with E-state index in [1.807, 2.05) is 0 Å². The van der Waals surface area contributed by atoms with Crippen LogP contribution in [-0.4, -0.2) is 31.7 Å². The summed E-state index contributed by atoms with van der Waals surface area (Å²) in [5.41, 5.74) is 0.851. The lowest BCUT2D eigenvalue weighted by Gasteiger charge is -2.39. The molecule has 0 aliphatic carbocycles. The normalized spacial score (nSPS) is 13.7. The lowest BCUT2D eigenvalue weighted by atomic mass is 9.91. The lowest BCUT2D eigenvalue weighted by Crippen LogP contribution is -3.00. The van der Waals surface area contributed by atoms with E-state index in [1.165, 1.54) is 13.1 Å². The van der Waals surface area contributed by atoms with E-state index in [0.717, 1.165) is 4.48 Å². The predicted molar refractivity (Wildman–Crippen MR) is 60.8 cm³/mol. The van der Waals surface area contributed by atoms with Gasteiger partial charge in [-0.1, -0.05) is 41.5 Å². The van der Waals surface area contributed by atoms with E-state index in [-0.39, 0.29) is 24.0 Å². The second-order valence-corrected chi connectivity index (χ2v) is 7.37. The molecule has 0 unspecified atom stereocenters. The topological polar surface area (TPSA) is 0 Å². The van der Waals surface area contributed by atoms with Crippen molar-refractivity contribution in [3.8, 4) is 0 Å². The molecule has 0 atom stereocenters. The van der Waals surface area contributed by atoms with Gasteiger partial charge in [-0.25, -0.2) is 0 Å². The summed E-state index contributed by atoms with van der Waals surface area (Å²) in [6.45, 7) is 16.4. The minimum Gasteiger partial charge on any atom is -1.00 e. The molecule has 0 radical (unpaired) electrons. The van der Waals surface area contributed by atoms with Gasteiger partial charge in [0.2, 0.25) is 0 Å². The maximum atomic E-state index is 2.33. The van der Waals surface area contributed by atoms with Gasteiger partial charge in [0.05, 0.1) is 27.2 Å². The Bertz CT molecular complexity index is 142. The zero-order valence-electron chi connectivity index (χ0n) is 11.2. The van der Waals surface area contributed by atoms with Crippen LogP contribution in [0.25, 0.3) is 0 Å². The summed E-state index contributed by atoms with van der Waals surface area (Å²) in [5.74, 6) is 0. The number of rotatable bonds is 2. The van der Waals surface area contributed by atoms with E-state index < -0.39 is 0 Å². The number of quaternary nitrogens is 1. The Morgan fingerprint density at radius 1 is 0.714 bits per heavy atom. The van der Waals surface area contributed by atoms with Gasteiger partial charge < -0.3 is 28.5 Å². The maximum absolute atomic E-state index is 2.33. The Morgan fingerprint density at radius 2 is 0.929 bits per heavy atom. The Labute approximate surface area is 108 Å². The molecule has 0 amide bonds. The fourth-order valence-electron chi connectivity index (χ4n) is 2.62. The molecule has 0 rings (SSSR count). The lowest BCUT2D eigenvalue weighted by molar-refractivity contribution is -0.902. The zero-order valence-corrected chi connectivity index (χ0v) is 13.4. The van der Waals surface area contributed by atoms with E-state index >= 15 is 0 Å². The fourth-order valence-corrected chi connectivity index (χ4v) is 2.62. The SMILES string of the molecule is CC(C)(C)C[N+](C)(C)CC(C)(C)C.[I-]. The Hall–Kier alpha value is 0.690. The van der Waals surface area contributed by atoms with E-state index in [0.29, 0.717) is 10.8 Å². The van der Waals surface area contributed by atoms with E-state index in [4.69, 9.17) is 0 Å². The molecule has 0 aromatic heterocycles.